The number of nitrogens with one attached hydrogen (secondary N) is 1. The van der Waals surface area contributed by atoms with Crippen molar-refractivity contribution in [1.82, 2.24) is 14.8 Å². The Morgan fingerprint density at radius 1 is 1.02 bits per heavy atom. The van der Waals surface area contributed by atoms with Crippen LogP contribution in [0.4, 0.5) is 17.6 Å². The lowest BCUT2D eigenvalue weighted by atomic mass is 9.88. The van der Waals surface area contributed by atoms with Gasteiger partial charge in [-0.3, -0.25) is 14.4 Å². The number of hydrogen-bond donors (Lipinski definition) is 1. The zero-order valence-electron chi connectivity index (χ0n) is 30.3. The number of alkyl halides is 3. The molecule has 1 unspecified atom stereocenters. The molecule has 4 rings (SSSR count). The summed E-state index contributed by atoms with van der Waals surface area (Å²) in [5, 5.41) is 2.81. The van der Waals surface area contributed by atoms with Gasteiger partial charge < -0.3 is 19.5 Å². The van der Waals surface area contributed by atoms with Crippen LogP contribution in [0.3, 0.4) is 0 Å². The van der Waals surface area contributed by atoms with E-state index in [1.54, 1.807) is 45.0 Å². The third-order valence-electron chi connectivity index (χ3n) is 9.17. The van der Waals surface area contributed by atoms with Gasteiger partial charge in [-0.15, -0.1) is 0 Å². The SMILES string of the molecule is CCOC(=O)C[C@H](NC(=O)C(CC(C)C)n1cc(CCN(C)C)c(C(F)(F)F)cc1=O)c1cc(-c2c(C)cc(C3CC3)cc2C)cc(C)c1F. The summed E-state index contributed by atoms with van der Waals surface area (Å²) in [5.74, 6) is -1.60. The molecule has 0 aliphatic heterocycles. The molecule has 1 aromatic heterocycles. The summed E-state index contributed by atoms with van der Waals surface area (Å²) in [6.45, 7) is 11.3. The highest BCUT2D eigenvalue weighted by Gasteiger charge is 2.36. The summed E-state index contributed by atoms with van der Waals surface area (Å²) in [5.41, 5.74) is 3.21. The van der Waals surface area contributed by atoms with Crippen LogP contribution in [-0.4, -0.2) is 48.6 Å². The highest BCUT2D eigenvalue weighted by molar-refractivity contribution is 5.82. The van der Waals surface area contributed by atoms with E-state index in [0.29, 0.717) is 17.5 Å². The van der Waals surface area contributed by atoms with Crippen molar-refractivity contribution in [3.05, 3.63) is 91.6 Å². The van der Waals surface area contributed by atoms with Gasteiger partial charge in [0, 0.05) is 24.4 Å². The fourth-order valence-corrected chi connectivity index (χ4v) is 6.63. The number of aromatic nitrogens is 1. The predicted molar refractivity (Wildman–Crippen MR) is 187 cm³/mol. The lowest BCUT2D eigenvalue weighted by Crippen LogP contribution is -2.41. The molecule has 0 spiro atoms. The number of pyridine rings is 1. The molecule has 1 saturated carbocycles. The molecule has 1 amide bonds. The van der Waals surface area contributed by atoms with E-state index in [9.17, 15) is 27.6 Å². The minimum absolute atomic E-state index is 0.0125. The first-order valence-corrected chi connectivity index (χ1v) is 17.3. The topological polar surface area (TPSA) is 80.6 Å². The second kappa shape index (κ2) is 15.9. The minimum atomic E-state index is -4.77. The van der Waals surface area contributed by atoms with E-state index < -0.39 is 53.5 Å². The molecule has 50 heavy (non-hydrogen) atoms. The van der Waals surface area contributed by atoms with Gasteiger partial charge in [-0.1, -0.05) is 26.0 Å². The molecule has 1 aliphatic carbocycles. The maximum Gasteiger partial charge on any atom is 0.416 e. The Balaban J connectivity index is 1.81. The molecule has 11 heteroatoms. The average molecular weight is 700 g/mol. The number of likely N-dealkylation sites (N-methyl/N-ethyl adjacent to an activating group) is 1. The summed E-state index contributed by atoms with van der Waals surface area (Å²) in [6.07, 6.45) is -1.66. The zero-order chi connectivity index (χ0) is 37.1. The third-order valence-corrected chi connectivity index (χ3v) is 9.17. The largest absolute Gasteiger partial charge is 0.466 e. The van der Waals surface area contributed by atoms with Crippen LogP contribution in [0.5, 0.6) is 0 Å². The first-order valence-electron chi connectivity index (χ1n) is 17.3. The molecule has 7 nitrogen and oxygen atoms in total. The van der Waals surface area contributed by atoms with Gasteiger partial charge in [-0.25, -0.2) is 4.39 Å². The summed E-state index contributed by atoms with van der Waals surface area (Å²) < 4.78 is 64.4. The average Bonchev–Trinajstić information content (AvgIpc) is 3.85. The van der Waals surface area contributed by atoms with Crippen LogP contribution in [0.2, 0.25) is 0 Å². The van der Waals surface area contributed by atoms with Crippen molar-refractivity contribution in [2.75, 3.05) is 27.2 Å². The van der Waals surface area contributed by atoms with Crippen LogP contribution in [0.1, 0.15) is 103 Å². The molecule has 2 atom stereocenters. The number of benzene rings is 2. The number of aryl methyl sites for hydroxylation is 3. The monoisotopic (exact) mass is 699 g/mol. The molecular weight excluding hydrogens is 650 g/mol. The van der Waals surface area contributed by atoms with Gasteiger partial charge in [0.25, 0.3) is 5.56 Å². The Hall–Kier alpha value is -3.99. The van der Waals surface area contributed by atoms with Crippen LogP contribution >= 0.6 is 0 Å². The number of hydrogen-bond acceptors (Lipinski definition) is 5. The van der Waals surface area contributed by atoms with E-state index in [0.717, 1.165) is 45.9 Å². The van der Waals surface area contributed by atoms with Gasteiger partial charge in [0.05, 0.1) is 24.6 Å². The molecule has 2 aromatic carbocycles. The highest BCUT2D eigenvalue weighted by atomic mass is 19.4. The quantitative estimate of drug-likeness (QED) is 0.136. The lowest BCUT2D eigenvalue weighted by Gasteiger charge is -2.27. The van der Waals surface area contributed by atoms with Crippen molar-refractivity contribution >= 4 is 11.9 Å². The molecule has 1 fully saturated rings. The summed E-state index contributed by atoms with van der Waals surface area (Å²) >= 11 is 0. The summed E-state index contributed by atoms with van der Waals surface area (Å²) in [4.78, 5) is 42.1. The number of rotatable bonds is 14. The molecular formula is C39H49F4N3O4. The van der Waals surface area contributed by atoms with Crippen LogP contribution in [0, 0.1) is 32.5 Å². The number of nitrogens with zero attached hydrogens (tertiary/aromatic N) is 2. The first-order chi connectivity index (χ1) is 23.4. The Labute approximate surface area is 292 Å². The van der Waals surface area contributed by atoms with Crippen LogP contribution in [0.15, 0.2) is 41.3 Å². The fraction of sp³-hybridized carbons (Fsp3) is 0.513. The van der Waals surface area contributed by atoms with E-state index >= 15 is 4.39 Å². The maximum absolute atomic E-state index is 16.1. The highest BCUT2D eigenvalue weighted by Crippen LogP contribution is 2.43. The van der Waals surface area contributed by atoms with Gasteiger partial charge in [0.1, 0.15) is 11.9 Å². The molecule has 3 aromatic rings. The Morgan fingerprint density at radius 3 is 2.20 bits per heavy atom. The molecule has 1 aliphatic rings. The number of amides is 1. The fourth-order valence-electron chi connectivity index (χ4n) is 6.63. The van der Waals surface area contributed by atoms with Gasteiger partial charge in [-0.2, -0.15) is 13.2 Å². The Bertz CT molecular complexity index is 1750. The second-order valence-corrected chi connectivity index (χ2v) is 14.2. The standard InChI is InChI=1S/C39H49F4N3O4/c1-9-50-35(48)20-32(30-18-29(17-25(6)37(30)40)36-23(4)15-28(16-24(36)5)26-10-11-26)44-38(49)33(14-22(2)3)46-21-27(12-13-45(7)8)31(19-34(46)47)39(41,42)43/h15-19,21-22,26,32-33H,9-14,20H2,1-8H3,(H,44,49)/t32-,33?/m0/s1. The molecule has 272 valence electrons. The van der Waals surface area contributed by atoms with Crippen LogP contribution in [-0.2, 0) is 26.9 Å². The van der Waals surface area contributed by atoms with Crippen molar-refractivity contribution in [3.8, 4) is 11.1 Å². The number of carbonyl (C=O) groups excluding carboxylic acids is 2. The van der Waals surface area contributed by atoms with Gasteiger partial charge in [0.2, 0.25) is 5.91 Å². The zero-order valence-corrected chi connectivity index (χ0v) is 30.3. The maximum atomic E-state index is 16.1. The molecule has 1 N–H and O–H groups in total. The van der Waals surface area contributed by atoms with E-state index in [1.807, 2.05) is 27.7 Å². The smallest absolute Gasteiger partial charge is 0.416 e. The number of esters is 1. The van der Waals surface area contributed by atoms with Crippen molar-refractivity contribution in [3.63, 3.8) is 0 Å². The van der Waals surface area contributed by atoms with Gasteiger partial charge >= 0.3 is 12.1 Å². The normalized spacial score (nSPS) is 14.6. The van der Waals surface area contributed by atoms with Crippen LogP contribution in [0.25, 0.3) is 11.1 Å². The van der Waals surface area contributed by atoms with E-state index in [2.05, 4.69) is 17.4 Å². The minimum Gasteiger partial charge on any atom is -0.466 e. The second-order valence-electron chi connectivity index (χ2n) is 14.2. The predicted octanol–water partition coefficient (Wildman–Crippen LogP) is 7.98. The van der Waals surface area contributed by atoms with Crippen molar-refractivity contribution in [1.29, 1.82) is 0 Å². The van der Waals surface area contributed by atoms with Gasteiger partial charge in [-0.05, 0) is 130 Å². The molecule has 0 radical (unpaired) electrons. The summed E-state index contributed by atoms with van der Waals surface area (Å²) in [6, 6.07) is 5.79. The van der Waals surface area contributed by atoms with E-state index in [4.69, 9.17) is 4.74 Å². The Morgan fingerprint density at radius 2 is 1.66 bits per heavy atom. The van der Waals surface area contributed by atoms with Crippen molar-refractivity contribution in [2.45, 2.75) is 97.8 Å². The van der Waals surface area contributed by atoms with E-state index in [-0.39, 0.29) is 43.0 Å². The lowest BCUT2D eigenvalue weighted by molar-refractivity contribution is -0.144. The number of ether oxygens (including phenoxy) is 1. The summed E-state index contributed by atoms with van der Waals surface area (Å²) in [7, 11) is 3.45. The third kappa shape index (κ3) is 9.41. The van der Waals surface area contributed by atoms with Gasteiger partial charge in [0.15, 0.2) is 0 Å². The number of halogens is 4. The number of carbonyl (C=O) groups is 2. The molecule has 0 bridgehead atoms. The molecule has 1 heterocycles. The molecule has 0 saturated heterocycles. The van der Waals surface area contributed by atoms with Crippen molar-refractivity contribution in [2.24, 2.45) is 5.92 Å². The van der Waals surface area contributed by atoms with E-state index in [1.165, 1.54) is 5.56 Å². The van der Waals surface area contributed by atoms with Crippen molar-refractivity contribution < 1.29 is 31.9 Å². The Kier molecular flexibility index (Phi) is 12.4. The first kappa shape index (κ1) is 38.8. The van der Waals surface area contributed by atoms with Crippen LogP contribution < -0.4 is 10.9 Å².